The predicted molar refractivity (Wildman–Crippen MR) is 76.5 cm³/mol. The second-order valence-corrected chi connectivity index (χ2v) is 5.30. The first-order valence-electron chi connectivity index (χ1n) is 6.95. The highest BCUT2D eigenvalue weighted by Crippen LogP contribution is 2.32. The molecule has 1 saturated carbocycles. The molecular formula is C15H22N2O3. The average Bonchev–Trinajstić information content (AvgIpc) is 2.86. The molecule has 1 amide bonds. The Morgan fingerprint density at radius 1 is 1.50 bits per heavy atom. The molecule has 4 N–H and O–H groups in total. The molecular weight excluding hydrogens is 256 g/mol. The van der Waals surface area contributed by atoms with Gasteiger partial charge in [-0.1, -0.05) is 12.1 Å². The van der Waals surface area contributed by atoms with Gasteiger partial charge in [-0.2, -0.15) is 0 Å². The van der Waals surface area contributed by atoms with Crippen molar-refractivity contribution in [1.29, 1.82) is 0 Å². The quantitative estimate of drug-likeness (QED) is 0.711. The Hall–Kier alpha value is -1.59. The fourth-order valence-corrected chi connectivity index (χ4v) is 2.73. The van der Waals surface area contributed by atoms with E-state index in [1.165, 1.54) is 0 Å². The van der Waals surface area contributed by atoms with E-state index in [1.54, 1.807) is 7.05 Å². The summed E-state index contributed by atoms with van der Waals surface area (Å²) < 4.78 is 5.91. The van der Waals surface area contributed by atoms with E-state index >= 15 is 0 Å². The van der Waals surface area contributed by atoms with Crippen LogP contribution < -0.4 is 15.8 Å². The van der Waals surface area contributed by atoms with Gasteiger partial charge in [0.1, 0.15) is 17.4 Å². The van der Waals surface area contributed by atoms with Crippen LogP contribution in [0.5, 0.6) is 5.75 Å². The van der Waals surface area contributed by atoms with E-state index in [0.29, 0.717) is 19.3 Å². The van der Waals surface area contributed by atoms with Crippen molar-refractivity contribution in [2.45, 2.75) is 37.3 Å². The van der Waals surface area contributed by atoms with E-state index in [9.17, 15) is 4.79 Å². The molecule has 0 bridgehead atoms. The third-order valence-electron chi connectivity index (χ3n) is 4.05. The summed E-state index contributed by atoms with van der Waals surface area (Å²) >= 11 is 0. The summed E-state index contributed by atoms with van der Waals surface area (Å²) in [5, 5.41) is 11.9. The molecule has 20 heavy (non-hydrogen) atoms. The average molecular weight is 278 g/mol. The molecule has 0 spiro atoms. The van der Waals surface area contributed by atoms with Crippen molar-refractivity contribution in [2.24, 2.45) is 5.73 Å². The smallest absolute Gasteiger partial charge is 0.237 e. The number of benzene rings is 1. The zero-order valence-corrected chi connectivity index (χ0v) is 11.8. The van der Waals surface area contributed by atoms with Crippen LogP contribution in [0.4, 0.5) is 0 Å². The van der Waals surface area contributed by atoms with Gasteiger partial charge >= 0.3 is 0 Å². The summed E-state index contributed by atoms with van der Waals surface area (Å²) in [6, 6.07) is 7.68. The lowest BCUT2D eigenvalue weighted by atomic mass is 9.97. The van der Waals surface area contributed by atoms with Crippen LogP contribution in [-0.4, -0.2) is 36.3 Å². The molecule has 2 rings (SSSR count). The fraction of sp³-hybridized carbons (Fsp3) is 0.533. The highest BCUT2D eigenvalue weighted by molar-refractivity contribution is 5.85. The molecule has 1 fully saturated rings. The van der Waals surface area contributed by atoms with E-state index < -0.39 is 5.54 Å². The van der Waals surface area contributed by atoms with E-state index in [2.05, 4.69) is 5.32 Å². The van der Waals surface area contributed by atoms with Crippen molar-refractivity contribution in [2.75, 3.05) is 13.7 Å². The van der Waals surface area contributed by atoms with Crippen LogP contribution in [0.25, 0.3) is 0 Å². The molecule has 0 aromatic heterocycles. The number of aliphatic hydroxyl groups is 1. The molecule has 2 unspecified atom stereocenters. The second kappa shape index (κ2) is 6.24. The Balaban J connectivity index is 1.96. The molecule has 110 valence electrons. The SMILES string of the molecule is CNC1(C(N)=O)CCC(Oc2ccc(CCO)cc2)C1. The van der Waals surface area contributed by atoms with Crippen LogP contribution in [0.1, 0.15) is 24.8 Å². The Kier molecular flexibility index (Phi) is 4.62. The number of carbonyl (C=O) groups excluding carboxylic acids is 1. The third kappa shape index (κ3) is 3.11. The van der Waals surface area contributed by atoms with Gasteiger partial charge in [0.25, 0.3) is 0 Å². The molecule has 0 saturated heterocycles. The minimum atomic E-state index is -0.637. The van der Waals surface area contributed by atoms with Crippen LogP contribution >= 0.6 is 0 Å². The van der Waals surface area contributed by atoms with Gasteiger partial charge in [-0.05, 0) is 44.0 Å². The maximum atomic E-state index is 11.5. The summed E-state index contributed by atoms with van der Waals surface area (Å²) in [5.41, 5.74) is 5.91. The van der Waals surface area contributed by atoms with Gasteiger partial charge in [0.05, 0.1) is 0 Å². The first kappa shape index (κ1) is 14.8. The van der Waals surface area contributed by atoms with Crippen molar-refractivity contribution in [3.63, 3.8) is 0 Å². The van der Waals surface area contributed by atoms with Gasteiger partial charge in [-0.25, -0.2) is 0 Å². The third-order valence-corrected chi connectivity index (χ3v) is 4.05. The first-order valence-corrected chi connectivity index (χ1v) is 6.95. The Bertz CT molecular complexity index is 461. The van der Waals surface area contributed by atoms with Crippen molar-refractivity contribution in [1.82, 2.24) is 5.32 Å². The highest BCUT2D eigenvalue weighted by Gasteiger charge is 2.43. The lowest BCUT2D eigenvalue weighted by Gasteiger charge is -2.24. The summed E-state index contributed by atoms with van der Waals surface area (Å²) in [6.45, 7) is 0.145. The van der Waals surface area contributed by atoms with Gasteiger partial charge in [0, 0.05) is 13.0 Å². The number of ether oxygens (including phenoxy) is 1. The van der Waals surface area contributed by atoms with E-state index in [1.807, 2.05) is 24.3 Å². The molecule has 0 heterocycles. The molecule has 1 aromatic rings. The Labute approximate surface area is 119 Å². The number of rotatable bonds is 6. The molecule has 0 aliphatic heterocycles. The number of primary amides is 1. The van der Waals surface area contributed by atoms with E-state index in [-0.39, 0.29) is 18.6 Å². The number of carbonyl (C=O) groups is 1. The Morgan fingerprint density at radius 3 is 2.70 bits per heavy atom. The number of aliphatic hydroxyl groups excluding tert-OH is 1. The first-order chi connectivity index (χ1) is 9.59. The van der Waals surface area contributed by atoms with Crippen LogP contribution in [0.15, 0.2) is 24.3 Å². The lowest BCUT2D eigenvalue weighted by Crippen LogP contribution is -2.52. The minimum absolute atomic E-state index is 0.00126. The molecule has 5 heteroatoms. The number of nitrogens with two attached hydrogens (primary N) is 1. The maximum absolute atomic E-state index is 11.5. The largest absolute Gasteiger partial charge is 0.490 e. The molecule has 1 aliphatic rings. The molecule has 0 radical (unpaired) electrons. The van der Waals surface area contributed by atoms with E-state index in [4.69, 9.17) is 15.6 Å². The van der Waals surface area contributed by atoms with Crippen LogP contribution in [0.3, 0.4) is 0 Å². The predicted octanol–water partition coefficient (Wildman–Crippen LogP) is 0.596. The number of hydrogen-bond acceptors (Lipinski definition) is 4. The second-order valence-electron chi connectivity index (χ2n) is 5.30. The van der Waals surface area contributed by atoms with Crippen molar-refractivity contribution in [3.8, 4) is 5.75 Å². The van der Waals surface area contributed by atoms with Crippen LogP contribution in [0, 0.1) is 0 Å². The highest BCUT2D eigenvalue weighted by atomic mass is 16.5. The summed E-state index contributed by atoms with van der Waals surface area (Å²) in [7, 11) is 1.76. The monoisotopic (exact) mass is 278 g/mol. The van der Waals surface area contributed by atoms with Crippen molar-refractivity contribution >= 4 is 5.91 Å². The van der Waals surface area contributed by atoms with Gasteiger partial charge in [-0.15, -0.1) is 0 Å². The van der Waals surface area contributed by atoms with Crippen LogP contribution in [0.2, 0.25) is 0 Å². The van der Waals surface area contributed by atoms with Gasteiger partial charge in [-0.3, -0.25) is 4.79 Å². The summed E-state index contributed by atoms with van der Waals surface area (Å²) in [6.07, 6.45) is 2.75. The van der Waals surface area contributed by atoms with Gasteiger partial charge in [0.15, 0.2) is 0 Å². The molecule has 2 atom stereocenters. The number of likely N-dealkylation sites (N-methyl/N-ethyl adjacent to an activating group) is 1. The number of amides is 1. The van der Waals surface area contributed by atoms with E-state index in [0.717, 1.165) is 17.7 Å². The van der Waals surface area contributed by atoms with Crippen molar-refractivity contribution < 1.29 is 14.6 Å². The molecule has 5 nitrogen and oxygen atoms in total. The van der Waals surface area contributed by atoms with Crippen LogP contribution in [-0.2, 0) is 11.2 Å². The molecule has 1 aliphatic carbocycles. The number of hydrogen-bond donors (Lipinski definition) is 3. The van der Waals surface area contributed by atoms with Gasteiger partial charge in [0.2, 0.25) is 5.91 Å². The zero-order valence-electron chi connectivity index (χ0n) is 11.8. The fourth-order valence-electron chi connectivity index (χ4n) is 2.73. The Morgan fingerprint density at radius 2 is 2.20 bits per heavy atom. The number of nitrogens with one attached hydrogen (secondary N) is 1. The standard InChI is InChI=1S/C15H22N2O3/c1-17-15(14(16)19)8-6-13(10-15)20-12-4-2-11(3-5-12)7-9-18/h2-5,13,17-18H,6-10H2,1H3,(H2,16,19). The summed E-state index contributed by atoms with van der Waals surface area (Å²) in [4.78, 5) is 11.5. The topological polar surface area (TPSA) is 84.6 Å². The van der Waals surface area contributed by atoms with Gasteiger partial charge < -0.3 is 20.9 Å². The zero-order chi connectivity index (χ0) is 14.6. The minimum Gasteiger partial charge on any atom is -0.490 e. The van der Waals surface area contributed by atoms with Crippen molar-refractivity contribution in [3.05, 3.63) is 29.8 Å². The summed E-state index contributed by atoms with van der Waals surface area (Å²) in [5.74, 6) is 0.470. The molecule has 1 aromatic carbocycles. The maximum Gasteiger partial charge on any atom is 0.237 e. The normalized spacial score (nSPS) is 25.6. The lowest BCUT2D eigenvalue weighted by molar-refractivity contribution is -0.124.